The van der Waals surface area contributed by atoms with Crippen molar-refractivity contribution in [2.24, 2.45) is 0 Å². The minimum absolute atomic E-state index is 0.0473. The molecule has 2 heterocycles. The fourth-order valence-corrected chi connectivity index (χ4v) is 2.87. The van der Waals surface area contributed by atoms with Crippen molar-refractivity contribution in [3.63, 3.8) is 0 Å². The second kappa shape index (κ2) is 7.43. The molecule has 0 spiro atoms. The summed E-state index contributed by atoms with van der Waals surface area (Å²) in [5.74, 6) is 1.03. The second-order valence-electron chi connectivity index (χ2n) is 5.85. The predicted octanol–water partition coefficient (Wildman–Crippen LogP) is 3.54. The van der Waals surface area contributed by atoms with Crippen LogP contribution < -0.4 is 4.74 Å². The largest absolute Gasteiger partial charge is 0.497 e. The van der Waals surface area contributed by atoms with Gasteiger partial charge >= 0.3 is 5.97 Å². The molecule has 1 aromatic carbocycles. The van der Waals surface area contributed by atoms with Gasteiger partial charge in [-0.2, -0.15) is 4.98 Å². The summed E-state index contributed by atoms with van der Waals surface area (Å²) >= 11 is 0. The Morgan fingerprint density at radius 3 is 2.58 bits per heavy atom. The lowest BCUT2D eigenvalue weighted by Gasteiger charge is -2.05. The Labute approximate surface area is 151 Å². The van der Waals surface area contributed by atoms with Crippen LogP contribution in [0, 0.1) is 13.8 Å². The van der Waals surface area contributed by atoms with Crippen LogP contribution in [0.1, 0.15) is 34.5 Å². The van der Waals surface area contributed by atoms with E-state index in [0.29, 0.717) is 17.3 Å². The first kappa shape index (κ1) is 17.7. The van der Waals surface area contributed by atoms with Crippen LogP contribution in [0.15, 0.2) is 34.9 Å². The molecular weight excluding hydrogens is 334 g/mol. The average molecular weight is 355 g/mol. The number of nitrogens with zero attached hydrogens (tertiary/aromatic N) is 3. The molecule has 0 aliphatic carbocycles. The molecule has 0 saturated carbocycles. The van der Waals surface area contributed by atoms with Crippen LogP contribution in [0.4, 0.5) is 0 Å². The highest BCUT2D eigenvalue weighted by atomic mass is 16.5. The van der Waals surface area contributed by atoms with Crippen LogP contribution in [-0.2, 0) is 17.9 Å². The number of esters is 1. The number of hydrogen-bond donors (Lipinski definition) is 0. The molecule has 0 N–H and O–H groups in total. The SMILES string of the molecule is CCn1c(C)cc(C(=O)OCc2noc(-c3ccc(OC)cc3)n2)c1C. The number of hydrogen-bond acceptors (Lipinski definition) is 6. The lowest BCUT2D eigenvalue weighted by molar-refractivity contribution is 0.0458. The molecule has 0 bridgehead atoms. The van der Waals surface area contributed by atoms with E-state index in [1.54, 1.807) is 7.11 Å². The molecule has 0 radical (unpaired) electrons. The number of rotatable bonds is 6. The monoisotopic (exact) mass is 355 g/mol. The van der Waals surface area contributed by atoms with Crippen molar-refractivity contribution in [3.05, 3.63) is 53.1 Å². The van der Waals surface area contributed by atoms with Crippen LogP contribution in [0.3, 0.4) is 0 Å². The Hall–Kier alpha value is -3.09. The van der Waals surface area contributed by atoms with E-state index in [1.165, 1.54) is 0 Å². The highest BCUT2D eigenvalue weighted by molar-refractivity contribution is 5.91. The molecule has 3 rings (SSSR count). The maximum atomic E-state index is 12.3. The van der Waals surface area contributed by atoms with E-state index in [2.05, 4.69) is 14.7 Å². The summed E-state index contributed by atoms with van der Waals surface area (Å²) in [5, 5.41) is 3.86. The van der Waals surface area contributed by atoms with Gasteiger partial charge < -0.3 is 18.6 Å². The summed E-state index contributed by atoms with van der Waals surface area (Å²) < 4.78 is 17.7. The first-order valence-electron chi connectivity index (χ1n) is 8.34. The van der Waals surface area contributed by atoms with Gasteiger partial charge in [0.05, 0.1) is 12.7 Å². The summed E-state index contributed by atoms with van der Waals surface area (Å²) in [4.78, 5) is 16.6. The number of aromatic nitrogens is 3. The Morgan fingerprint density at radius 1 is 1.23 bits per heavy atom. The normalized spacial score (nSPS) is 10.8. The smallest absolute Gasteiger partial charge is 0.340 e. The van der Waals surface area contributed by atoms with E-state index in [0.717, 1.165) is 29.2 Å². The van der Waals surface area contributed by atoms with Gasteiger partial charge in [0.1, 0.15) is 5.75 Å². The van der Waals surface area contributed by atoms with Crippen molar-refractivity contribution in [3.8, 4) is 17.2 Å². The van der Waals surface area contributed by atoms with Crippen molar-refractivity contribution in [2.45, 2.75) is 33.9 Å². The molecule has 7 heteroatoms. The number of carbonyl (C=O) groups excluding carboxylic acids is 1. The highest BCUT2D eigenvalue weighted by Crippen LogP contribution is 2.21. The number of benzene rings is 1. The Morgan fingerprint density at radius 2 is 1.96 bits per heavy atom. The van der Waals surface area contributed by atoms with Crippen molar-refractivity contribution >= 4 is 5.97 Å². The zero-order chi connectivity index (χ0) is 18.7. The maximum absolute atomic E-state index is 12.3. The summed E-state index contributed by atoms with van der Waals surface area (Å²) in [7, 11) is 1.60. The molecule has 7 nitrogen and oxygen atoms in total. The Bertz CT molecular complexity index is 910. The van der Waals surface area contributed by atoms with E-state index < -0.39 is 5.97 Å². The van der Waals surface area contributed by atoms with Gasteiger partial charge in [0.2, 0.25) is 5.82 Å². The van der Waals surface area contributed by atoms with E-state index in [-0.39, 0.29) is 6.61 Å². The quantitative estimate of drug-likeness (QED) is 0.629. The van der Waals surface area contributed by atoms with Crippen molar-refractivity contribution in [1.29, 1.82) is 0 Å². The van der Waals surface area contributed by atoms with E-state index in [9.17, 15) is 4.79 Å². The van der Waals surface area contributed by atoms with Crippen LogP contribution in [0.2, 0.25) is 0 Å². The molecule has 0 amide bonds. The number of methoxy groups -OCH3 is 1. The molecular formula is C19H21N3O4. The lowest BCUT2D eigenvalue weighted by Crippen LogP contribution is -2.08. The van der Waals surface area contributed by atoms with Gasteiger partial charge in [-0.05, 0) is 51.1 Å². The summed E-state index contributed by atoms with van der Waals surface area (Å²) in [6.07, 6.45) is 0. The number of carbonyl (C=O) groups is 1. The number of aryl methyl sites for hydroxylation is 1. The van der Waals surface area contributed by atoms with Crippen molar-refractivity contribution in [2.75, 3.05) is 7.11 Å². The maximum Gasteiger partial charge on any atom is 0.340 e. The van der Waals surface area contributed by atoms with Gasteiger partial charge in [-0.3, -0.25) is 0 Å². The summed E-state index contributed by atoms with van der Waals surface area (Å²) in [6.45, 7) is 6.67. The standard InChI is InChI=1S/C19H21N3O4/c1-5-22-12(2)10-16(13(22)3)19(23)25-11-17-20-18(26-21-17)14-6-8-15(24-4)9-7-14/h6-10H,5,11H2,1-4H3. The van der Waals surface area contributed by atoms with Gasteiger partial charge in [-0.15, -0.1) is 0 Å². The molecule has 0 unspecified atom stereocenters. The third kappa shape index (κ3) is 3.46. The summed E-state index contributed by atoms with van der Waals surface area (Å²) in [5.41, 5.74) is 3.24. The molecule has 2 aromatic heterocycles. The van der Waals surface area contributed by atoms with E-state index >= 15 is 0 Å². The zero-order valence-electron chi connectivity index (χ0n) is 15.3. The minimum atomic E-state index is -0.395. The fourth-order valence-electron chi connectivity index (χ4n) is 2.87. The molecule has 26 heavy (non-hydrogen) atoms. The minimum Gasteiger partial charge on any atom is -0.497 e. The van der Waals surface area contributed by atoms with Gasteiger partial charge in [-0.1, -0.05) is 5.16 Å². The summed E-state index contributed by atoms with van der Waals surface area (Å²) in [6, 6.07) is 9.09. The molecule has 0 atom stereocenters. The topological polar surface area (TPSA) is 79.4 Å². The molecule has 136 valence electrons. The van der Waals surface area contributed by atoms with Gasteiger partial charge in [-0.25, -0.2) is 4.79 Å². The first-order chi connectivity index (χ1) is 12.5. The first-order valence-corrected chi connectivity index (χ1v) is 8.34. The predicted molar refractivity (Wildman–Crippen MR) is 95.0 cm³/mol. The fraction of sp³-hybridized carbons (Fsp3) is 0.316. The highest BCUT2D eigenvalue weighted by Gasteiger charge is 2.17. The molecule has 3 aromatic rings. The van der Waals surface area contributed by atoms with Crippen LogP contribution in [0.25, 0.3) is 11.5 Å². The average Bonchev–Trinajstić information content (AvgIpc) is 3.24. The zero-order valence-corrected chi connectivity index (χ0v) is 15.3. The van der Waals surface area contributed by atoms with Crippen molar-refractivity contribution in [1.82, 2.24) is 14.7 Å². The van der Waals surface area contributed by atoms with Gasteiger partial charge in [0.25, 0.3) is 5.89 Å². The Balaban J connectivity index is 1.67. The van der Waals surface area contributed by atoms with Crippen LogP contribution in [-0.4, -0.2) is 27.8 Å². The van der Waals surface area contributed by atoms with Gasteiger partial charge in [0, 0.05) is 23.5 Å². The number of ether oxygens (including phenoxy) is 2. The second-order valence-corrected chi connectivity index (χ2v) is 5.85. The van der Waals surface area contributed by atoms with Gasteiger partial charge in [0.15, 0.2) is 6.61 Å². The van der Waals surface area contributed by atoms with Crippen molar-refractivity contribution < 1.29 is 18.8 Å². The lowest BCUT2D eigenvalue weighted by atomic mass is 10.2. The van der Waals surface area contributed by atoms with E-state index in [4.69, 9.17) is 14.0 Å². The molecule has 0 aliphatic rings. The molecule has 0 saturated heterocycles. The third-order valence-electron chi connectivity index (χ3n) is 4.25. The van der Waals surface area contributed by atoms with Crippen LogP contribution in [0.5, 0.6) is 5.75 Å². The third-order valence-corrected chi connectivity index (χ3v) is 4.25. The molecule has 0 fully saturated rings. The van der Waals surface area contributed by atoms with E-state index in [1.807, 2.05) is 51.1 Å². The van der Waals surface area contributed by atoms with Crippen LogP contribution >= 0.6 is 0 Å². The Kier molecular flexibility index (Phi) is 5.06. The molecule has 0 aliphatic heterocycles.